The Hall–Kier alpha value is -2.46. The minimum absolute atomic E-state index is 0.0551. The predicted octanol–water partition coefficient (Wildman–Crippen LogP) is 3.28. The summed E-state index contributed by atoms with van der Waals surface area (Å²) in [4.78, 5) is 20.2. The SMILES string of the molecule is CO[C@H]1[C@H](C)C[C@@]2(Cc3ccc(C#N)cc3[C@]23N=C(N)N(CC(C)(C)F)C3=O)C[C@@H]1C. The summed E-state index contributed by atoms with van der Waals surface area (Å²) >= 11 is 0. The van der Waals surface area contributed by atoms with Crippen molar-refractivity contribution in [3.63, 3.8) is 0 Å². The van der Waals surface area contributed by atoms with Gasteiger partial charge in [-0.25, -0.2) is 9.38 Å². The Labute approximate surface area is 183 Å². The van der Waals surface area contributed by atoms with Crippen LogP contribution in [0.3, 0.4) is 0 Å². The molecule has 2 spiro atoms. The average molecular weight is 427 g/mol. The number of ether oxygens (including phenoxy) is 1. The summed E-state index contributed by atoms with van der Waals surface area (Å²) < 4.78 is 20.3. The topological polar surface area (TPSA) is 91.7 Å². The molecule has 1 aromatic carbocycles. The van der Waals surface area contributed by atoms with Crippen molar-refractivity contribution in [2.75, 3.05) is 13.7 Å². The number of amides is 1. The van der Waals surface area contributed by atoms with Gasteiger partial charge in [-0.3, -0.25) is 9.69 Å². The molecule has 2 N–H and O–H groups in total. The highest BCUT2D eigenvalue weighted by molar-refractivity contribution is 6.08. The molecule has 6 nitrogen and oxygen atoms in total. The fourth-order valence-electron chi connectivity index (χ4n) is 6.56. The van der Waals surface area contributed by atoms with Crippen molar-refractivity contribution in [1.29, 1.82) is 5.26 Å². The smallest absolute Gasteiger partial charge is 0.262 e. The van der Waals surface area contributed by atoms with Crippen LogP contribution in [0.15, 0.2) is 23.2 Å². The molecular formula is C24H31FN4O2. The zero-order valence-electron chi connectivity index (χ0n) is 18.9. The number of carbonyl (C=O) groups excluding carboxylic acids is 1. The second-order valence-electron chi connectivity index (χ2n) is 10.3. The van der Waals surface area contributed by atoms with Crippen LogP contribution in [-0.4, -0.2) is 42.2 Å². The minimum Gasteiger partial charge on any atom is -0.381 e. The van der Waals surface area contributed by atoms with Gasteiger partial charge >= 0.3 is 0 Å². The van der Waals surface area contributed by atoms with Crippen LogP contribution < -0.4 is 5.73 Å². The average Bonchev–Trinajstić information content (AvgIpc) is 3.07. The molecule has 0 saturated heterocycles. The molecule has 1 aromatic rings. The number of benzene rings is 1. The lowest BCUT2D eigenvalue weighted by molar-refractivity contribution is -0.143. The molecule has 1 saturated carbocycles. The summed E-state index contributed by atoms with van der Waals surface area (Å²) in [6.07, 6.45) is 2.25. The highest BCUT2D eigenvalue weighted by Crippen LogP contribution is 2.63. The number of fused-ring (bicyclic) bond motifs is 3. The van der Waals surface area contributed by atoms with Crippen molar-refractivity contribution in [3.05, 3.63) is 34.9 Å². The molecule has 3 aliphatic rings. The molecule has 0 unspecified atom stereocenters. The number of aliphatic imine (C=N–C) groups is 1. The molecule has 1 aliphatic heterocycles. The number of hydrogen-bond donors (Lipinski definition) is 1. The van der Waals surface area contributed by atoms with Gasteiger partial charge in [0.05, 0.1) is 24.3 Å². The van der Waals surface area contributed by atoms with Gasteiger partial charge in [-0.2, -0.15) is 5.26 Å². The third-order valence-corrected chi connectivity index (χ3v) is 7.39. The van der Waals surface area contributed by atoms with Crippen LogP contribution in [0.5, 0.6) is 0 Å². The lowest BCUT2D eigenvalue weighted by atomic mass is 9.56. The van der Waals surface area contributed by atoms with Crippen molar-refractivity contribution in [3.8, 4) is 6.07 Å². The zero-order chi connectivity index (χ0) is 22.8. The van der Waals surface area contributed by atoms with Gasteiger partial charge in [0.25, 0.3) is 5.91 Å². The van der Waals surface area contributed by atoms with E-state index < -0.39 is 16.6 Å². The normalized spacial score (nSPS) is 34.9. The van der Waals surface area contributed by atoms with Gasteiger partial charge in [-0.05, 0) is 68.2 Å². The molecule has 0 radical (unpaired) electrons. The molecule has 5 atom stereocenters. The second kappa shape index (κ2) is 7.03. The second-order valence-corrected chi connectivity index (χ2v) is 10.3. The van der Waals surface area contributed by atoms with Crippen LogP contribution >= 0.6 is 0 Å². The fourth-order valence-corrected chi connectivity index (χ4v) is 6.56. The van der Waals surface area contributed by atoms with Crippen LogP contribution in [0.4, 0.5) is 4.39 Å². The maximum Gasteiger partial charge on any atom is 0.262 e. The summed E-state index contributed by atoms with van der Waals surface area (Å²) in [6.45, 7) is 7.01. The number of rotatable bonds is 3. The Morgan fingerprint density at radius 2 is 2.00 bits per heavy atom. The molecule has 0 bridgehead atoms. The van der Waals surface area contributed by atoms with E-state index in [-0.39, 0.29) is 36.4 Å². The van der Waals surface area contributed by atoms with Crippen molar-refractivity contribution in [2.24, 2.45) is 28.0 Å². The molecule has 0 aromatic heterocycles. The van der Waals surface area contributed by atoms with Gasteiger partial charge in [0.1, 0.15) is 5.67 Å². The van der Waals surface area contributed by atoms with Gasteiger partial charge < -0.3 is 10.5 Å². The highest BCUT2D eigenvalue weighted by Gasteiger charge is 2.68. The molecule has 1 fully saturated rings. The third-order valence-electron chi connectivity index (χ3n) is 7.39. The summed E-state index contributed by atoms with van der Waals surface area (Å²) in [6, 6.07) is 7.68. The first-order valence-electron chi connectivity index (χ1n) is 10.9. The van der Waals surface area contributed by atoms with E-state index in [2.05, 4.69) is 19.9 Å². The van der Waals surface area contributed by atoms with Crippen LogP contribution in [0.1, 0.15) is 57.2 Å². The maximum atomic E-state index is 14.6. The predicted molar refractivity (Wildman–Crippen MR) is 116 cm³/mol. The fraction of sp³-hybridized carbons (Fsp3) is 0.625. The van der Waals surface area contributed by atoms with Gasteiger partial charge in [-0.15, -0.1) is 0 Å². The van der Waals surface area contributed by atoms with Gasteiger partial charge in [-0.1, -0.05) is 19.9 Å². The van der Waals surface area contributed by atoms with E-state index in [1.54, 1.807) is 19.2 Å². The Bertz CT molecular complexity index is 980. The van der Waals surface area contributed by atoms with Crippen molar-refractivity contribution >= 4 is 11.9 Å². The summed E-state index contributed by atoms with van der Waals surface area (Å²) in [5.41, 5.74) is 5.17. The molecule has 4 rings (SSSR count). The summed E-state index contributed by atoms with van der Waals surface area (Å²) in [5, 5.41) is 9.50. The van der Waals surface area contributed by atoms with Gasteiger partial charge in [0, 0.05) is 12.5 Å². The first-order valence-corrected chi connectivity index (χ1v) is 10.9. The Kier molecular flexibility index (Phi) is 4.93. The van der Waals surface area contributed by atoms with E-state index in [1.165, 1.54) is 18.7 Å². The van der Waals surface area contributed by atoms with E-state index in [1.807, 2.05) is 6.07 Å². The molecule has 2 aliphatic carbocycles. The van der Waals surface area contributed by atoms with E-state index in [9.17, 15) is 14.4 Å². The minimum atomic E-state index is -1.61. The number of halogens is 1. The summed E-state index contributed by atoms with van der Waals surface area (Å²) in [5.74, 6) is 0.205. The number of nitriles is 1. The third kappa shape index (κ3) is 3.07. The van der Waals surface area contributed by atoms with Crippen molar-refractivity contribution < 1.29 is 13.9 Å². The molecule has 166 valence electrons. The number of nitrogens with two attached hydrogens (primary N) is 1. The number of alkyl halides is 1. The quantitative estimate of drug-likeness (QED) is 0.803. The lowest BCUT2D eigenvalue weighted by Gasteiger charge is -2.50. The number of hydrogen-bond acceptors (Lipinski definition) is 5. The van der Waals surface area contributed by atoms with E-state index in [0.717, 1.165) is 24.0 Å². The van der Waals surface area contributed by atoms with Gasteiger partial charge in [0.2, 0.25) is 0 Å². The number of guanidine groups is 1. The van der Waals surface area contributed by atoms with Crippen LogP contribution in [0, 0.1) is 28.6 Å². The van der Waals surface area contributed by atoms with E-state index in [4.69, 9.17) is 15.5 Å². The van der Waals surface area contributed by atoms with Crippen molar-refractivity contribution in [1.82, 2.24) is 4.90 Å². The lowest BCUT2D eigenvalue weighted by Crippen LogP contribution is -2.56. The molecule has 7 heteroatoms. The van der Waals surface area contributed by atoms with E-state index in [0.29, 0.717) is 12.0 Å². The Balaban J connectivity index is 1.91. The Morgan fingerprint density at radius 1 is 1.35 bits per heavy atom. The van der Waals surface area contributed by atoms with Gasteiger partial charge in [0.15, 0.2) is 11.5 Å². The van der Waals surface area contributed by atoms with Crippen LogP contribution in [-0.2, 0) is 21.5 Å². The zero-order valence-corrected chi connectivity index (χ0v) is 18.9. The largest absolute Gasteiger partial charge is 0.381 e. The number of carbonyl (C=O) groups is 1. The molecule has 1 amide bonds. The number of nitrogens with zero attached hydrogens (tertiary/aromatic N) is 3. The number of methoxy groups -OCH3 is 1. The van der Waals surface area contributed by atoms with Crippen LogP contribution in [0.2, 0.25) is 0 Å². The molecule has 1 heterocycles. The monoisotopic (exact) mass is 426 g/mol. The summed E-state index contributed by atoms with van der Waals surface area (Å²) in [7, 11) is 1.73. The standard InChI is InChI=1S/C24H31FN4O2/c1-14-9-23(10-15(2)19(14)31-5)11-17-7-6-16(12-26)8-18(17)24(23)20(30)29(21(27)28-24)13-22(3,4)25/h6-8,14-15,19H,9-11,13H2,1-5H3,(H2,27,28)/t14-,15+,19+,23+,24-/m1/s1. The molecule has 31 heavy (non-hydrogen) atoms. The van der Waals surface area contributed by atoms with Crippen LogP contribution in [0.25, 0.3) is 0 Å². The first kappa shape index (κ1) is 21.8. The maximum absolute atomic E-state index is 14.6. The highest BCUT2D eigenvalue weighted by atomic mass is 19.1. The molecular weight excluding hydrogens is 395 g/mol. The van der Waals surface area contributed by atoms with Crippen molar-refractivity contribution in [2.45, 2.75) is 64.3 Å². The Morgan fingerprint density at radius 3 is 2.55 bits per heavy atom. The first-order chi connectivity index (χ1) is 14.5. The van der Waals surface area contributed by atoms with E-state index >= 15 is 0 Å².